The van der Waals surface area contributed by atoms with Crippen LogP contribution in [0.4, 0.5) is 5.82 Å². The molecule has 0 saturated carbocycles. The number of hydrogen-bond donors (Lipinski definition) is 1. The van der Waals surface area contributed by atoms with Gasteiger partial charge in [0.25, 0.3) is 0 Å². The molecular formula is C13H14N6S. The van der Waals surface area contributed by atoms with E-state index in [4.69, 9.17) is 5.73 Å². The van der Waals surface area contributed by atoms with E-state index in [1.165, 1.54) is 0 Å². The molecule has 1 fully saturated rings. The van der Waals surface area contributed by atoms with Crippen LogP contribution in [0.3, 0.4) is 0 Å². The zero-order chi connectivity index (χ0) is 13.9. The van der Waals surface area contributed by atoms with Crippen LogP contribution in [-0.2, 0) is 0 Å². The first-order valence-corrected chi connectivity index (χ1v) is 7.34. The first-order chi connectivity index (χ1) is 9.65. The van der Waals surface area contributed by atoms with Gasteiger partial charge < -0.3 is 10.6 Å². The normalized spacial score (nSPS) is 16.1. The topological polar surface area (TPSA) is 80.8 Å². The standard InChI is InChI=1S/C13H14N6S/c1-6-7(2)17-18-13-9(6)10-11(20-13)12(16-5-15-10)19-3-8(14)4-19/h5,8H,3-4,14H2,1-2H3. The molecule has 4 heterocycles. The molecule has 0 atom stereocenters. The number of nitrogens with two attached hydrogens (primary N) is 1. The van der Waals surface area contributed by atoms with E-state index in [0.717, 1.165) is 50.6 Å². The molecule has 6 nitrogen and oxygen atoms in total. The van der Waals surface area contributed by atoms with Crippen molar-refractivity contribution in [1.82, 2.24) is 20.2 Å². The van der Waals surface area contributed by atoms with E-state index < -0.39 is 0 Å². The van der Waals surface area contributed by atoms with Gasteiger partial charge in [0.1, 0.15) is 17.0 Å². The summed E-state index contributed by atoms with van der Waals surface area (Å²) in [6, 6.07) is 0.248. The Balaban J connectivity index is 2.02. The Morgan fingerprint density at radius 1 is 1.25 bits per heavy atom. The lowest BCUT2D eigenvalue weighted by Crippen LogP contribution is -2.56. The van der Waals surface area contributed by atoms with Gasteiger partial charge in [0.2, 0.25) is 0 Å². The van der Waals surface area contributed by atoms with Crippen LogP contribution in [0.5, 0.6) is 0 Å². The summed E-state index contributed by atoms with van der Waals surface area (Å²) in [7, 11) is 0. The lowest BCUT2D eigenvalue weighted by atomic mass is 10.1. The molecule has 3 aromatic heterocycles. The van der Waals surface area contributed by atoms with Gasteiger partial charge in [0, 0.05) is 24.5 Å². The van der Waals surface area contributed by atoms with Crippen LogP contribution in [0.25, 0.3) is 20.4 Å². The van der Waals surface area contributed by atoms with Crippen molar-refractivity contribution in [2.24, 2.45) is 5.73 Å². The van der Waals surface area contributed by atoms with E-state index in [-0.39, 0.29) is 6.04 Å². The summed E-state index contributed by atoms with van der Waals surface area (Å²) in [5, 5.41) is 9.60. The minimum Gasteiger partial charge on any atom is -0.352 e. The SMILES string of the molecule is Cc1nnc2sc3c(N4CC(N)C4)ncnc3c2c1C. The molecule has 1 aliphatic rings. The first kappa shape index (κ1) is 11.9. The summed E-state index contributed by atoms with van der Waals surface area (Å²) in [6.45, 7) is 5.75. The van der Waals surface area contributed by atoms with Gasteiger partial charge in [0.05, 0.1) is 15.9 Å². The number of anilines is 1. The van der Waals surface area contributed by atoms with Gasteiger partial charge in [-0.2, -0.15) is 5.10 Å². The Bertz CT molecular complexity index is 820. The van der Waals surface area contributed by atoms with E-state index in [1.54, 1.807) is 17.7 Å². The maximum atomic E-state index is 5.87. The quantitative estimate of drug-likeness (QED) is 0.728. The smallest absolute Gasteiger partial charge is 0.150 e. The van der Waals surface area contributed by atoms with Crippen LogP contribution in [-0.4, -0.2) is 39.3 Å². The highest BCUT2D eigenvalue weighted by Crippen LogP contribution is 2.38. The summed E-state index contributed by atoms with van der Waals surface area (Å²) in [5.74, 6) is 0.969. The van der Waals surface area contributed by atoms with Crippen LogP contribution in [0, 0.1) is 13.8 Å². The van der Waals surface area contributed by atoms with E-state index in [2.05, 4.69) is 32.0 Å². The van der Waals surface area contributed by atoms with Crippen LogP contribution in [0.2, 0.25) is 0 Å². The number of aromatic nitrogens is 4. The van der Waals surface area contributed by atoms with Crippen molar-refractivity contribution < 1.29 is 0 Å². The largest absolute Gasteiger partial charge is 0.352 e. The number of fused-ring (bicyclic) bond motifs is 3. The molecule has 7 heteroatoms. The number of aryl methyl sites for hydroxylation is 2. The Kier molecular flexibility index (Phi) is 2.42. The Morgan fingerprint density at radius 3 is 2.80 bits per heavy atom. The fourth-order valence-corrected chi connectivity index (χ4v) is 3.73. The first-order valence-electron chi connectivity index (χ1n) is 6.52. The molecule has 0 aromatic carbocycles. The highest BCUT2D eigenvalue weighted by Gasteiger charge is 2.27. The van der Waals surface area contributed by atoms with Crippen molar-refractivity contribution in [3.8, 4) is 0 Å². The number of thiophene rings is 1. The van der Waals surface area contributed by atoms with Crippen LogP contribution in [0.15, 0.2) is 6.33 Å². The number of rotatable bonds is 1. The van der Waals surface area contributed by atoms with Gasteiger partial charge in [-0.05, 0) is 19.4 Å². The predicted octanol–water partition coefficient (Wildman–Crippen LogP) is 1.40. The van der Waals surface area contributed by atoms with Crippen molar-refractivity contribution in [3.63, 3.8) is 0 Å². The molecule has 0 amide bonds. The Hall–Kier alpha value is -1.86. The lowest BCUT2D eigenvalue weighted by molar-refractivity contribution is 0.516. The number of hydrogen-bond acceptors (Lipinski definition) is 7. The van der Waals surface area contributed by atoms with Gasteiger partial charge in [-0.25, -0.2) is 9.97 Å². The van der Waals surface area contributed by atoms with E-state index in [1.807, 2.05) is 6.92 Å². The fourth-order valence-electron chi connectivity index (χ4n) is 2.58. The van der Waals surface area contributed by atoms with Crippen LogP contribution in [0.1, 0.15) is 11.3 Å². The third kappa shape index (κ3) is 1.53. The summed E-state index contributed by atoms with van der Waals surface area (Å²) in [5.41, 5.74) is 8.94. The van der Waals surface area contributed by atoms with Gasteiger partial charge in [-0.1, -0.05) is 0 Å². The second kappa shape index (κ2) is 4.07. The second-order valence-corrected chi connectivity index (χ2v) is 6.23. The van der Waals surface area contributed by atoms with E-state index >= 15 is 0 Å². The van der Waals surface area contributed by atoms with Gasteiger partial charge in [-0.15, -0.1) is 16.4 Å². The molecule has 0 bridgehead atoms. The average Bonchev–Trinajstić information content (AvgIpc) is 2.78. The molecule has 20 heavy (non-hydrogen) atoms. The third-order valence-electron chi connectivity index (χ3n) is 3.85. The summed E-state index contributed by atoms with van der Waals surface area (Å²) in [6.07, 6.45) is 1.63. The molecule has 102 valence electrons. The van der Waals surface area contributed by atoms with Crippen molar-refractivity contribution in [2.45, 2.75) is 19.9 Å². The predicted molar refractivity (Wildman–Crippen MR) is 80.2 cm³/mol. The van der Waals surface area contributed by atoms with Crippen LogP contribution >= 0.6 is 11.3 Å². The van der Waals surface area contributed by atoms with Gasteiger partial charge in [0.15, 0.2) is 0 Å². The molecule has 0 spiro atoms. The highest BCUT2D eigenvalue weighted by atomic mass is 32.1. The van der Waals surface area contributed by atoms with Crippen LogP contribution < -0.4 is 10.6 Å². The second-order valence-electron chi connectivity index (χ2n) is 5.23. The third-order valence-corrected chi connectivity index (χ3v) is 4.91. The molecule has 0 aliphatic carbocycles. The molecule has 0 radical (unpaired) electrons. The lowest BCUT2D eigenvalue weighted by Gasteiger charge is -2.37. The molecule has 3 aromatic rings. The zero-order valence-corrected chi connectivity index (χ0v) is 12.1. The van der Waals surface area contributed by atoms with Crippen molar-refractivity contribution >= 4 is 37.6 Å². The monoisotopic (exact) mass is 286 g/mol. The van der Waals surface area contributed by atoms with Crippen molar-refractivity contribution in [1.29, 1.82) is 0 Å². The summed E-state index contributed by atoms with van der Waals surface area (Å²) >= 11 is 1.61. The van der Waals surface area contributed by atoms with Crippen molar-refractivity contribution in [2.75, 3.05) is 18.0 Å². The Morgan fingerprint density at radius 2 is 2.05 bits per heavy atom. The molecule has 2 N–H and O–H groups in total. The molecule has 1 saturated heterocycles. The molecule has 1 aliphatic heterocycles. The molecule has 0 unspecified atom stereocenters. The summed E-state index contributed by atoms with van der Waals surface area (Å²) in [4.78, 5) is 12.0. The van der Waals surface area contributed by atoms with E-state index in [9.17, 15) is 0 Å². The molecular weight excluding hydrogens is 272 g/mol. The van der Waals surface area contributed by atoms with Gasteiger partial charge in [-0.3, -0.25) is 0 Å². The zero-order valence-electron chi connectivity index (χ0n) is 11.3. The molecule has 4 rings (SSSR count). The van der Waals surface area contributed by atoms with Crippen molar-refractivity contribution in [3.05, 3.63) is 17.6 Å². The summed E-state index contributed by atoms with van der Waals surface area (Å²) < 4.78 is 1.08. The Labute approximate surface area is 119 Å². The average molecular weight is 286 g/mol. The minimum atomic E-state index is 0.248. The fraction of sp³-hybridized carbons (Fsp3) is 0.385. The highest BCUT2D eigenvalue weighted by molar-refractivity contribution is 7.26. The van der Waals surface area contributed by atoms with Gasteiger partial charge >= 0.3 is 0 Å². The maximum Gasteiger partial charge on any atom is 0.150 e. The van der Waals surface area contributed by atoms with E-state index in [0.29, 0.717) is 0 Å². The number of nitrogens with zero attached hydrogens (tertiary/aromatic N) is 5. The maximum absolute atomic E-state index is 5.87. The minimum absolute atomic E-state index is 0.248.